The lowest BCUT2D eigenvalue weighted by Gasteiger charge is -2.46. The molecule has 1 aromatic heterocycles. The van der Waals surface area contributed by atoms with Crippen LogP contribution < -0.4 is 15.0 Å². The van der Waals surface area contributed by atoms with Crippen LogP contribution in [0.4, 0.5) is 10.3 Å². The molecule has 2 saturated heterocycles. The fourth-order valence-electron chi connectivity index (χ4n) is 4.12. The third-order valence-corrected chi connectivity index (χ3v) is 5.97. The monoisotopic (exact) mass is 416 g/mol. The highest BCUT2D eigenvalue weighted by molar-refractivity contribution is 6.30. The third kappa shape index (κ3) is 2.98. The maximum Gasteiger partial charge on any atom is 0.255 e. The van der Waals surface area contributed by atoms with Crippen LogP contribution in [0.3, 0.4) is 0 Å². The van der Waals surface area contributed by atoms with Crippen molar-refractivity contribution >= 4 is 23.5 Å². The van der Waals surface area contributed by atoms with E-state index in [-0.39, 0.29) is 23.5 Å². The van der Waals surface area contributed by atoms with Gasteiger partial charge < -0.3 is 19.9 Å². The zero-order valence-electron chi connectivity index (χ0n) is 16.5. The van der Waals surface area contributed by atoms with Gasteiger partial charge in [-0.15, -0.1) is 0 Å². The molecule has 0 unspecified atom stereocenters. The van der Waals surface area contributed by atoms with Crippen molar-refractivity contribution in [3.05, 3.63) is 58.6 Å². The lowest BCUT2D eigenvalue weighted by Crippen LogP contribution is -2.61. The van der Waals surface area contributed by atoms with Crippen LogP contribution in [0.5, 0.6) is 5.88 Å². The van der Waals surface area contributed by atoms with Crippen molar-refractivity contribution < 1.29 is 9.13 Å². The van der Waals surface area contributed by atoms with Gasteiger partial charge in [-0.05, 0) is 24.6 Å². The summed E-state index contributed by atoms with van der Waals surface area (Å²) in [4.78, 5) is 12.3. The van der Waals surface area contributed by atoms with Gasteiger partial charge in [0.1, 0.15) is 0 Å². The van der Waals surface area contributed by atoms with Crippen LogP contribution in [0.15, 0.2) is 36.5 Å². The van der Waals surface area contributed by atoms with E-state index in [4.69, 9.17) is 21.7 Å². The molecule has 1 aromatic carbocycles. The highest BCUT2D eigenvalue weighted by Gasteiger charge is 2.54. The molecule has 0 radical (unpaired) electrons. The van der Waals surface area contributed by atoms with E-state index in [0.29, 0.717) is 24.1 Å². The predicted molar refractivity (Wildman–Crippen MR) is 110 cm³/mol. The van der Waals surface area contributed by atoms with Crippen LogP contribution in [0.25, 0.3) is 0 Å². The van der Waals surface area contributed by atoms with E-state index in [1.165, 1.54) is 7.11 Å². The van der Waals surface area contributed by atoms with E-state index in [9.17, 15) is 4.39 Å². The average molecular weight is 417 g/mol. The van der Waals surface area contributed by atoms with Gasteiger partial charge in [0, 0.05) is 36.8 Å². The molecular weight excluding hydrogens is 395 g/mol. The van der Waals surface area contributed by atoms with E-state index >= 15 is 0 Å². The first-order chi connectivity index (χ1) is 13.8. The zero-order chi connectivity index (χ0) is 20.9. The molecule has 0 aliphatic carbocycles. The van der Waals surface area contributed by atoms with Gasteiger partial charge in [0.2, 0.25) is 11.8 Å². The second-order valence-corrected chi connectivity index (χ2v) is 7.81. The van der Waals surface area contributed by atoms with Crippen molar-refractivity contribution in [1.29, 1.82) is 5.41 Å². The summed E-state index contributed by atoms with van der Waals surface area (Å²) in [6.45, 7) is 6.82. The molecule has 0 bridgehead atoms. The first-order valence-electron chi connectivity index (χ1n) is 9.15. The number of aryl methyl sites for hydroxylation is 1. The Morgan fingerprint density at radius 1 is 1.41 bits per heavy atom. The number of hydrogen-bond acceptors (Lipinski definition) is 5. The van der Waals surface area contributed by atoms with Crippen LogP contribution >= 0.6 is 11.6 Å². The van der Waals surface area contributed by atoms with E-state index in [1.54, 1.807) is 11.8 Å². The Morgan fingerprint density at radius 3 is 2.86 bits per heavy atom. The number of fused-ring (bicyclic) bond motifs is 1. The van der Waals surface area contributed by atoms with Gasteiger partial charge in [0.15, 0.2) is 5.96 Å². The van der Waals surface area contributed by atoms with Gasteiger partial charge in [-0.1, -0.05) is 30.3 Å². The number of hydrogen-bond donors (Lipinski definition) is 2. The van der Waals surface area contributed by atoms with Gasteiger partial charge in [-0.25, -0.2) is 4.98 Å². The number of anilines is 1. The standard InChI is InChI=1S/C20H22ClFN6O/c1-11-16(22)17(29-4)25-19(24-11)28-9-15-12(2)27(3)18(23)26-20(15,10-28)13-6-5-7-14(21)8-13/h5-8,15H,2,9-10H2,1,3-4H3,(H2,23,26)/t15-,20+/m0/s1. The third-order valence-electron chi connectivity index (χ3n) is 5.74. The minimum absolute atomic E-state index is 0.0694. The topological polar surface area (TPSA) is 77.4 Å². The van der Waals surface area contributed by atoms with Crippen molar-refractivity contribution in [2.45, 2.75) is 12.5 Å². The summed E-state index contributed by atoms with van der Waals surface area (Å²) in [5, 5.41) is 12.4. The average Bonchev–Trinajstić information content (AvgIpc) is 3.09. The summed E-state index contributed by atoms with van der Waals surface area (Å²) in [7, 11) is 3.19. The van der Waals surface area contributed by atoms with Gasteiger partial charge in [0.25, 0.3) is 5.88 Å². The number of aromatic nitrogens is 2. The van der Waals surface area contributed by atoms with Crippen LogP contribution in [-0.4, -0.2) is 48.1 Å². The summed E-state index contributed by atoms with van der Waals surface area (Å²) in [6, 6.07) is 7.59. The molecule has 2 N–H and O–H groups in total. The Balaban J connectivity index is 1.82. The first-order valence-corrected chi connectivity index (χ1v) is 9.53. The van der Waals surface area contributed by atoms with Crippen molar-refractivity contribution in [2.75, 3.05) is 32.1 Å². The molecule has 29 heavy (non-hydrogen) atoms. The maximum absolute atomic E-state index is 14.2. The van der Waals surface area contributed by atoms with Gasteiger partial charge in [-0.2, -0.15) is 9.37 Å². The van der Waals surface area contributed by atoms with E-state index in [1.807, 2.05) is 36.2 Å². The molecule has 152 valence electrons. The molecule has 2 aliphatic heterocycles. The number of methoxy groups -OCH3 is 1. The van der Waals surface area contributed by atoms with Crippen molar-refractivity contribution in [1.82, 2.24) is 20.2 Å². The molecule has 3 heterocycles. The molecular formula is C20H22ClFN6O. The zero-order valence-corrected chi connectivity index (χ0v) is 17.2. The normalized spacial score (nSPS) is 23.8. The quantitative estimate of drug-likeness (QED) is 0.801. The first kappa shape index (κ1) is 19.4. The van der Waals surface area contributed by atoms with Gasteiger partial charge in [-0.3, -0.25) is 5.41 Å². The second kappa shape index (κ2) is 6.88. The number of nitrogens with zero attached hydrogens (tertiary/aromatic N) is 4. The van der Waals surface area contributed by atoms with Crippen molar-refractivity contribution in [3.63, 3.8) is 0 Å². The minimum atomic E-state index is -0.634. The van der Waals surface area contributed by atoms with Crippen LogP contribution in [0.2, 0.25) is 5.02 Å². The van der Waals surface area contributed by atoms with Crippen LogP contribution in [0.1, 0.15) is 11.3 Å². The number of ether oxygens (including phenoxy) is 1. The van der Waals surface area contributed by atoms with Crippen LogP contribution in [-0.2, 0) is 5.54 Å². The lowest BCUT2D eigenvalue weighted by atomic mass is 9.77. The largest absolute Gasteiger partial charge is 0.479 e. The number of guanidine groups is 1. The second-order valence-electron chi connectivity index (χ2n) is 7.37. The summed E-state index contributed by atoms with van der Waals surface area (Å²) in [6.07, 6.45) is 0. The highest BCUT2D eigenvalue weighted by Crippen LogP contribution is 2.45. The Bertz CT molecular complexity index is 1010. The van der Waals surface area contributed by atoms with Gasteiger partial charge >= 0.3 is 0 Å². The van der Waals surface area contributed by atoms with E-state index in [0.717, 1.165) is 11.3 Å². The molecule has 4 rings (SSSR count). The predicted octanol–water partition coefficient (Wildman–Crippen LogP) is 2.90. The fraction of sp³-hybridized carbons (Fsp3) is 0.350. The van der Waals surface area contributed by atoms with Crippen LogP contribution in [0, 0.1) is 24.1 Å². The Kier molecular flexibility index (Phi) is 4.61. The molecule has 0 spiro atoms. The Labute approximate surface area is 173 Å². The number of rotatable bonds is 3. The Hall–Kier alpha value is -2.87. The SMILES string of the molecule is C=C1[C@@H]2CN(c3nc(C)c(F)c(OC)n3)C[C@]2(c2cccc(Cl)c2)NC(=N)N1C. The molecule has 2 atom stereocenters. The molecule has 2 aliphatic rings. The molecule has 7 nitrogen and oxygen atoms in total. The van der Waals surface area contributed by atoms with E-state index in [2.05, 4.69) is 21.9 Å². The smallest absolute Gasteiger partial charge is 0.255 e. The molecule has 2 fully saturated rings. The lowest BCUT2D eigenvalue weighted by molar-refractivity contribution is 0.269. The summed E-state index contributed by atoms with van der Waals surface area (Å²) in [5.41, 5.74) is 1.34. The minimum Gasteiger partial charge on any atom is -0.479 e. The number of benzene rings is 1. The van der Waals surface area contributed by atoms with Crippen molar-refractivity contribution in [3.8, 4) is 5.88 Å². The summed E-state index contributed by atoms with van der Waals surface area (Å²) < 4.78 is 19.2. The maximum atomic E-state index is 14.2. The van der Waals surface area contributed by atoms with Crippen molar-refractivity contribution in [2.24, 2.45) is 5.92 Å². The number of nitrogens with one attached hydrogen (secondary N) is 2. The summed E-state index contributed by atoms with van der Waals surface area (Å²) in [5.74, 6) is -0.0977. The molecule has 9 heteroatoms. The molecule has 2 aromatic rings. The van der Waals surface area contributed by atoms with Gasteiger partial charge in [0.05, 0.1) is 18.3 Å². The molecule has 0 saturated carbocycles. The Morgan fingerprint density at radius 2 is 2.17 bits per heavy atom. The summed E-state index contributed by atoms with van der Waals surface area (Å²) >= 11 is 6.27. The number of halogens is 2. The molecule has 0 amide bonds. The van der Waals surface area contributed by atoms with E-state index < -0.39 is 11.4 Å². The fourth-order valence-corrected chi connectivity index (χ4v) is 4.31. The highest BCUT2D eigenvalue weighted by atomic mass is 35.5.